The normalized spacial score (nSPS) is 14.7. The number of rotatable bonds is 4. The molecule has 18 heavy (non-hydrogen) atoms. The number of anilines is 1. The summed E-state index contributed by atoms with van der Waals surface area (Å²) >= 11 is 0. The topological polar surface area (TPSA) is 66.0 Å². The SMILES string of the molecule is Cn1nc(COc2ccc(N)cc2)nc1C1CC1. The molecular weight excluding hydrogens is 228 g/mol. The molecule has 5 nitrogen and oxygen atoms in total. The molecule has 0 spiro atoms. The van der Waals surface area contributed by atoms with Crippen LogP contribution in [-0.4, -0.2) is 14.8 Å². The van der Waals surface area contributed by atoms with E-state index < -0.39 is 0 Å². The average Bonchev–Trinajstić information content (AvgIpc) is 3.13. The smallest absolute Gasteiger partial charge is 0.188 e. The van der Waals surface area contributed by atoms with Crippen LogP contribution in [0.25, 0.3) is 0 Å². The van der Waals surface area contributed by atoms with Crippen LogP contribution in [0.3, 0.4) is 0 Å². The van der Waals surface area contributed by atoms with E-state index in [1.54, 1.807) is 0 Å². The van der Waals surface area contributed by atoms with E-state index in [1.165, 1.54) is 12.8 Å². The summed E-state index contributed by atoms with van der Waals surface area (Å²) in [6.07, 6.45) is 2.45. The summed E-state index contributed by atoms with van der Waals surface area (Å²) in [5.41, 5.74) is 6.34. The maximum atomic E-state index is 5.62. The molecular formula is C13H16N4O. The van der Waals surface area contributed by atoms with Gasteiger partial charge in [0.05, 0.1) is 0 Å². The Morgan fingerprint density at radius 1 is 1.33 bits per heavy atom. The van der Waals surface area contributed by atoms with Crippen LogP contribution >= 0.6 is 0 Å². The summed E-state index contributed by atoms with van der Waals surface area (Å²) in [6.45, 7) is 0.393. The second-order valence-electron chi connectivity index (χ2n) is 4.64. The first-order valence-corrected chi connectivity index (χ1v) is 6.10. The molecule has 2 N–H and O–H groups in total. The minimum Gasteiger partial charge on any atom is -0.486 e. The van der Waals surface area contributed by atoms with Gasteiger partial charge in [-0.05, 0) is 37.1 Å². The summed E-state index contributed by atoms with van der Waals surface area (Å²) in [5.74, 6) is 3.19. The largest absolute Gasteiger partial charge is 0.486 e. The van der Waals surface area contributed by atoms with Gasteiger partial charge in [0.25, 0.3) is 0 Å². The predicted molar refractivity (Wildman–Crippen MR) is 68.2 cm³/mol. The van der Waals surface area contributed by atoms with Crippen LogP contribution < -0.4 is 10.5 Å². The number of benzene rings is 1. The number of hydrogen-bond acceptors (Lipinski definition) is 4. The fourth-order valence-electron chi connectivity index (χ4n) is 1.92. The summed E-state index contributed by atoms with van der Waals surface area (Å²) < 4.78 is 7.48. The van der Waals surface area contributed by atoms with Crippen molar-refractivity contribution < 1.29 is 4.74 Å². The average molecular weight is 244 g/mol. The zero-order valence-electron chi connectivity index (χ0n) is 10.3. The molecule has 5 heteroatoms. The molecule has 0 amide bonds. The molecule has 1 saturated carbocycles. The Kier molecular flexibility index (Phi) is 2.66. The first-order valence-electron chi connectivity index (χ1n) is 6.10. The van der Waals surface area contributed by atoms with Gasteiger partial charge in [-0.1, -0.05) is 0 Å². The molecule has 1 aliphatic rings. The highest BCUT2D eigenvalue weighted by molar-refractivity contribution is 5.41. The fourth-order valence-corrected chi connectivity index (χ4v) is 1.92. The van der Waals surface area contributed by atoms with Crippen LogP contribution in [0.1, 0.15) is 30.4 Å². The molecule has 1 fully saturated rings. The highest BCUT2D eigenvalue weighted by atomic mass is 16.5. The monoisotopic (exact) mass is 244 g/mol. The van der Waals surface area contributed by atoms with Gasteiger partial charge >= 0.3 is 0 Å². The van der Waals surface area contributed by atoms with Gasteiger partial charge < -0.3 is 10.5 Å². The molecule has 0 saturated heterocycles. The second kappa shape index (κ2) is 4.33. The second-order valence-corrected chi connectivity index (χ2v) is 4.64. The number of ether oxygens (including phenoxy) is 1. The Bertz CT molecular complexity index is 543. The third kappa shape index (κ3) is 2.30. The van der Waals surface area contributed by atoms with E-state index in [0.29, 0.717) is 12.5 Å². The molecule has 1 aromatic heterocycles. The Hall–Kier alpha value is -2.04. The van der Waals surface area contributed by atoms with Gasteiger partial charge in [-0.15, -0.1) is 0 Å². The highest BCUT2D eigenvalue weighted by Gasteiger charge is 2.28. The third-order valence-electron chi connectivity index (χ3n) is 3.03. The lowest BCUT2D eigenvalue weighted by atomic mass is 10.3. The van der Waals surface area contributed by atoms with Crippen molar-refractivity contribution in [1.82, 2.24) is 14.8 Å². The van der Waals surface area contributed by atoms with Gasteiger partial charge in [0, 0.05) is 18.7 Å². The van der Waals surface area contributed by atoms with Gasteiger partial charge in [0.15, 0.2) is 5.82 Å². The standard InChI is InChI=1S/C13H16N4O/c1-17-13(9-2-3-9)15-12(16-17)8-18-11-6-4-10(14)5-7-11/h4-7,9H,2-3,8,14H2,1H3. The Morgan fingerprint density at radius 2 is 2.06 bits per heavy atom. The van der Waals surface area contributed by atoms with Crippen molar-refractivity contribution in [1.29, 1.82) is 0 Å². The van der Waals surface area contributed by atoms with Crippen molar-refractivity contribution in [3.8, 4) is 5.75 Å². The van der Waals surface area contributed by atoms with E-state index in [0.717, 1.165) is 23.1 Å². The molecule has 0 aliphatic heterocycles. The van der Waals surface area contributed by atoms with Crippen molar-refractivity contribution in [2.75, 3.05) is 5.73 Å². The summed E-state index contributed by atoms with van der Waals surface area (Å²) in [5, 5.41) is 4.36. The Morgan fingerprint density at radius 3 is 2.72 bits per heavy atom. The van der Waals surface area contributed by atoms with Crippen LogP contribution in [0.15, 0.2) is 24.3 Å². The number of nitrogens with two attached hydrogens (primary N) is 1. The fraction of sp³-hybridized carbons (Fsp3) is 0.385. The minimum atomic E-state index is 0.393. The maximum Gasteiger partial charge on any atom is 0.188 e. The van der Waals surface area contributed by atoms with E-state index in [1.807, 2.05) is 36.0 Å². The van der Waals surface area contributed by atoms with Crippen LogP contribution in [0.4, 0.5) is 5.69 Å². The van der Waals surface area contributed by atoms with Gasteiger partial charge in [-0.25, -0.2) is 4.98 Å². The van der Waals surface area contributed by atoms with Gasteiger partial charge in [-0.2, -0.15) is 5.10 Å². The number of nitrogen functional groups attached to an aromatic ring is 1. The Balaban J connectivity index is 1.65. The van der Waals surface area contributed by atoms with Crippen LogP contribution in [0, 0.1) is 0 Å². The summed E-state index contributed by atoms with van der Waals surface area (Å²) in [4.78, 5) is 4.51. The zero-order chi connectivity index (χ0) is 12.5. The molecule has 0 unspecified atom stereocenters. The van der Waals surface area contributed by atoms with Crippen molar-refractivity contribution in [2.24, 2.45) is 7.05 Å². The summed E-state index contributed by atoms with van der Waals surface area (Å²) in [6, 6.07) is 7.33. The van der Waals surface area contributed by atoms with Crippen LogP contribution in [0.2, 0.25) is 0 Å². The Labute approximate surface area is 106 Å². The lowest BCUT2D eigenvalue weighted by Gasteiger charge is -2.03. The van der Waals surface area contributed by atoms with E-state index in [4.69, 9.17) is 10.5 Å². The van der Waals surface area contributed by atoms with Gasteiger partial charge in [0.2, 0.25) is 0 Å². The zero-order valence-corrected chi connectivity index (χ0v) is 10.3. The molecule has 0 atom stereocenters. The lowest BCUT2D eigenvalue weighted by molar-refractivity contribution is 0.295. The molecule has 1 aromatic carbocycles. The van der Waals surface area contributed by atoms with Crippen LogP contribution in [0.5, 0.6) is 5.75 Å². The number of nitrogens with zero attached hydrogens (tertiary/aromatic N) is 3. The number of aromatic nitrogens is 3. The summed E-state index contributed by atoms with van der Waals surface area (Å²) in [7, 11) is 1.94. The maximum absolute atomic E-state index is 5.62. The molecule has 2 aromatic rings. The van der Waals surface area contributed by atoms with Crippen LogP contribution in [-0.2, 0) is 13.7 Å². The molecule has 3 rings (SSSR count). The van der Waals surface area contributed by atoms with Crippen molar-refractivity contribution in [2.45, 2.75) is 25.4 Å². The first kappa shape index (κ1) is 11.1. The predicted octanol–water partition coefficient (Wildman–Crippen LogP) is 1.85. The molecule has 1 heterocycles. The van der Waals surface area contributed by atoms with Crippen molar-refractivity contribution >= 4 is 5.69 Å². The lowest BCUT2D eigenvalue weighted by Crippen LogP contribution is -1.99. The quantitative estimate of drug-likeness (QED) is 0.833. The number of aryl methyl sites for hydroxylation is 1. The molecule has 94 valence electrons. The highest BCUT2D eigenvalue weighted by Crippen LogP contribution is 2.38. The van der Waals surface area contributed by atoms with Crippen molar-refractivity contribution in [3.63, 3.8) is 0 Å². The molecule has 0 bridgehead atoms. The van der Waals surface area contributed by atoms with E-state index in [-0.39, 0.29) is 0 Å². The third-order valence-corrected chi connectivity index (χ3v) is 3.03. The molecule has 0 radical (unpaired) electrons. The van der Waals surface area contributed by atoms with Gasteiger partial charge in [-0.3, -0.25) is 4.68 Å². The van der Waals surface area contributed by atoms with Gasteiger partial charge in [0.1, 0.15) is 18.2 Å². The number of hydrogen-bond donors (Lipinski definition) is 1. The van der Waals surface area contributed by atoms with Crippen molar-refractivity contribution in [3.05, 3.63) is 35.9 Å². The van der Waals surface area contributed by atoms with E-state index in [2.05, 4.69) is 10.1 Å². The minimum absolute atomic E-state index is 0.393. The first-order chi connectivity index (χ1) is 8.72. The van der Waals surface area contributed by atoms with E-state index >= 15 is 0 Å². The molecule has 1 aliphatic carbocycles. The van der Waals surface area contributed by atoms with E-state index in [9.17, 15) is 0 Å².